The Labute approximate surface area is 75.0 Å². The van der Waals surface area contributed by atoms with E-state index in [1.54, 1.807) is 0 Å². The quantitative estimate of drug-likeness (QED) is 0.547. The third-order valence-electron chi connectivity index (χ3n) is 2.40. The Kier molecular flexibility index (Phi) is 2.69. The van der Waals surface area contributed by atoms with Gasteiger partial charge in [-0.25, -0.2) is 0 Å². The smallest absolute Gasteiger partial charge is 0.00615 e. The second-order valence-electron chi connectivity index (χ2n) is 3.26. The lowest BCUT2D eigenvalue weighted by atomic mass is 9.89. The van der Waals surface area contributed by atoms with Crippen LogP contribution in [0.2, 0.25) is 0 Å². The van der Waals surface area contributed by atoms with Gasteiger partial charge in [0.15, 0.2) is 0 Å². The molecule has 0 saturated heterocycles. The first-order chi connectivity index (χ1) is 5.69. The van der Waals surface area contributed by atoms with E-state index in [-0.39, 0.29) is 0 Å². The topological polar surface area (TPSA) is 0 Å². The van der Waals surface area contributed by atoms with E-state index in [2.05, 4.69) is 39.5 Å². The fourth-order valence-electron chi connectivity index (χ4n) is 1.54. The van der Waals surface area contributed by atoms with Crippen molar-refractivity contribution in [1.82, 2.24) is 0 Å². The van der Waals surface area contributed by atoms with Gasteiger partial charge >= 0.3 is 0 Å². The van der Waals surface area contributed by atoms with Crippen LogP contribution in [0.3, 0.4) is 0 Å². The molecule has 0 aliphatic heterocycles. The Hall–Kier alpha value is -1.04. The molecule has 0 atom stereocenters. The molecule has 0 nitrogen and oxygen atoms in total. The predicted molar refractivity (Wildman–Crippen MR) is 55.0 cm³/mol. The maximum Gasteiger partial charge on any atom is -0.00615 e. The number of hydrogen-bond acceptors (Lipinski definition) is 0. The molecule has 0 aromatic carbocycles. The largest absolute Gasteiger partial charge is 0.0985 e. The van der Waals surface area contributed by atoms with Crippen LogP contribution in [0.5, 0.6) is 0 Å². The normalized spacial score (nSPS) is 21.2. The monoisotopic (exact) mass is 160 g/mol. The van der Waals surface area contributed by atoms with Crippen molar-refractivity contribution in [1.29, 1.82) is 0 Å². The van der Waals surface area contributed by atoms with Crippen molar-refractivity contribution in [3.05, 3.63) is 47.1 Å². The molecule has 0 radical (unpaired) electrons. The minimum atomic E-state index is 1.08. The summed E-state index contributed by atoms with van der Waals surface area (Å²) >= 11 is 0. The second-order valence-corrected chi connectivity index (χ2v) is 3.26. The molecule has 0 saturated carbocycles. The molecule has 12 heavy (non-hydrogen) atoms. The molecule has 0 aromatic heterocycles. The van der Waals surface area contributed by atoms with E-state index in [9.17, 15) is 0 Å². The molecule has 64 valence electrons. The highest BCUT2D eigenvalue weighted by Gasteiger charge is 2.08. The lowest BCUT2D eigenvalue weighted by Gasteiger charge is -2.16. The van der Waals surface area contributed by atoms with Crippen LogP contribution in [-0.4, -0.2) is 0 Å². The van der Waals surface area contributed by atoms with Gasteiger partial charge in [0.05, 0.1) is 0 Å². The first-order valence-corrected chi connectivity index (χ1v) is 4.35. The molecule has 0 heteroatoms. The van der Waals surface area contributed by atoms with Gasteiger partial charge in [-0.05, 0) is 43.9 Å². The van der Waals surface area contributed by atoms with E-state index in [0.717, 1.165) is 6.42 Å². The third-order valence-corrected chi connectivity index (χ3v) is 2.40. The zero-order valence-electron chi connectivity index (χ0n) is 8.15. The molecular weight excluding hydrogens is 144 g/mol. The first-order valence-electron chi connectivity index (χ1n) is 4.35. The van der Waals surface area contributed by atoms with Gasteiger partial charge in [-0.1, -0.05) is 30.4 Å². The minimum Gasteiger partial charge on any atom is -0.0985 e. The lowest BCUT2D eigenvalue weighted by molar-refractivity contribution is 1.06. The molecule has 1 rings (SSSR count). The van der Waals surface area contributed by atoms with Gasteiger partial charge in [-0.3, -0.25) is 0 Å². The van der Waals surface area contributed by atoms with Gasteiger partial charge in [-0.15, -0.1) is 0 Å². The van der Waals surface area contributed by atoms with Crippen LogP contribution in [0.4, 0.5) is 0 Å². The second kappa shape index (κ2) is 3.57. The third kappa shape index (κ3) is 1.58. The minimum absolute atomic E-state index is 1.08. The summed E-state index contributed by atoms with van der Waals surface area (Å²) in [6, 6.07) is 0. The summed E-state index contributed by atoms with van der Waals surface area (Å²) in [5.41, 5.74) is 5.53. The van der Waals surface area contributed by atoms with Crippen LogP contribution in [-0.2, 0) is 0 Å². The van der Waals surface area contributed by atoms with Gasteiger partial charge in [0.25, 0.3) is 0 Å². The van der Waals surface area contributed by atoms with E-state index < -0.39 is 0 Å². The molecule has 0 aromatic rings. The van der Waals surface area contributed by atoms with Crippen molar-refractivity contribution in [2.24, 2.45) is 0 Å². The predicted octanol–water partition coefficient (Wildman–Crippen LogP) is 3.79. The Morgan fingerprint density at radius 1 is 1.42 bits per heavy atom. The van der Waals surface area contributed by atoms with Crippen molar-refractivity contribution >= 4 is 0 Å². The molecule has 0 N–H and O–H groups in total. The molecule has 1 aliphatic rings. The molecule has 0 bridgehead atoms. The van der Waals surface area contributed by atoms with Gasteiger partial charge in [0, 0.05) is 0 Å². The molecule has 0 amide bonds. The summed E-state index contributed by atoms with van der Waals surface area (Å²) in [6.45, 7) is 10.2. The van der Waals surface area contributed by atoms with Gasteiger partial charge in [0.2, 0.25) is 0 Å². The van der Waals surface area contributed by atoms with Gasteiger partial charge < -0.3 is 0 Å². The van der Waals surface area contributed by atoms with Crippen molar-refractivity contribution in [2.45, 2.75) is 27.2 Å². The van der Waals surface area contributed by atoms with Crippen LogP contribution < -0.4 is 0 Å². The van der Waals surface area contributed by atoms with Gasteiger partial charge in [0.1, 0.15) is 0 Å². The number of allylic oxidation sites excluding steroid dienone is 7. The number of hydrogen-bond donors (Lipinski definition) is 0. The van der Waals surface area contributed by atoms with Crippen LogP contribution in [0, 0.1) is 0 Å². The Morgan fingerprint density at radius 2 is 2.08 bits per heavy atom. The van der Waals surface area contributed by atoms with Crippen molar-refractivity contribution in [2.75, 3.05) is 0 Å². The molecule has 0 unspecified atom stereocenters. The molecule has 0 heterocycles. The van der Waals surface area contributed by atoms with E-state index in [4.69, 9.17) is 0 Å². The summed E-state index contributed by atoms with van der Waals surface area (Å²) in [7, 11) is 0. The maximum absolute atomic E-state index is 3.80. The molecule has 0 fully saturated rings. The zero-order chi connectivity index (χ0) is 9.14. The highest BCUT2D eigenvalue weighted by atomic mass is 14.1. The standard InChI is InChI=1S/C12H16/c1-5-11-7-10(4)12(6-2)8-9(11)3/h5-7H,1,8H2,2-4H3/b12-6+. The first kappa shape index (κ1) is 9.05. The van der Waals surface area contributed by atoms with E-state index in [1.807, 2.05) is 6.08 Å². The average Bonchev–Trinajstić information content (AvgIpc) is 2.08. The van der Waals surface area contributed by atoms with Crippen molar-refractivity contribution in [3.63, 3.8) is 0 Å². The van der Waals surface area contributed by atoms with Crippen LogP contribution in [0.1, 0.15) is 27.2 Å². The number of rotatable bonds is 1. The summed E-state index contributed by atoms with van der Waals surface area (Å²) < 4.78 is 0. The summed E-state index contributed by atoms with van der Waals surface area (Å²) in [6.07, 6.45) is 7.42. The Bertz CT molecular complexity index is 285. The highest BCUT2D eigenvalue weighted by Crippen LogP contribution is 2.28. The summed E-state index contributed by atoms with van der Waals surface area (Å²) in [5, 5.41) is 0. The van der Waals surface area contributed by atoms with Crippen molar-refractivity contribution < 1.29 is 0 Å². The summed E-state index contributed by atoms with van der Waals surface area (Å²) in [4.78, 5) is 0. The molecular formula is C12H16. The van der Waals surface area contributed by atoms with E-state index in [0.29, 0.717) is 0 Å². The van der Waals surface area contributed by atoms with Crippen LogP contribution >= 0.6 is 0 Å². The Balaban J connectivity index is 3.06. The summed E-state index contributed by atoms with van der Waals surface area (Å²) in [5.74, 6) is 0. The Morgan fingerprint density at radius 3 is 2.58 bits per heavy atom. The lowest BCUT2D eigenvalue weighted by Crippen LogP contribution is -1.96. The van der Waals surface area contributed by atoms with E-state index >= 15 is 0 Å². The zero-order valence-corrected chi connectivity index (χ0v) is 8.15. The van der Waals surface area contributed by atoms with Crippen LogP contribution in [0.25, 0.3) is 0 Å². The highest BCUT2D eigenvalue weighted by molar-refractivity contribution is 5.48. The average molecular weight is 160 g/mol. The SMILES string of the molecule is C=CC1=C(C)C/C(=C\C)C(C)=C1. The fraction of sp³-hybridized carbons (Fsp3) is 0.333. The molecule has 0 spiro atoms. The molecule has 1 aliphatic carbocycles. The maximum atomic E-state index is 3.80. The van der Waals surface area contributed by atoms with Crippen LogP contribution in [0.15, 0.2) is 47.1 Å². The van der Waals surface area contributed by atoms with Gasteiger partial charge in [-0.2, -0.15) is 0 Å². The van der Waals surface area contributed by atoms with E-state index in [1.165, 1.54) is 22.3 Å². The fourth-order valence-corrected chi connectivity index (χ4v) is 1.54. The van der Waals surface area contributed by atoms with Crippen molar-refractivity contribution in [3.8, 4) is 0 Å².